The van der Waals surface area contributed by atoms with Crippen molar-refractivity contribution < 1.29 is 14.3 Å². The minimum Gasteiger partial charge on any atom is -0.473 e. The molecule has 2 heterocycles. The number of carbonyl (C=O) groups is 1. The van der Waals surface area contributed by atoms with Gasteiger partial charge in [0.1, 0.15) is 12.1 Å². The van der Waals surface area contributed by atoms with Crippen molar-refractivity contribution in [1.82, 2.24) is 14.9 Å². The first-order chi connectivity index (χ1) is 22.1. The van der Waals surface area contributed by atoms with Crippen LogP contribution in [0.25, 0.3) is 5.57 Å². The third-order valence-corrected chi connectivity index (χ3v) is 8.78. The molecule has 5 aromatic rings. The Hall–Kier alpha value is -4.43. The number of benzene rings is 4. The molecule has 0 radical (unpaired) electrons. The van der Waals surface area contributed by atoms with Gasteiger partial charge in [-0.05, 0) is 30.5 Å². The minimum atomic E-state index is -1.03. The zero-order valence-electron chi connectivity index (χ0n) is 24.8. The van der Waals surface area contributed by atoms with E-state index in [1.165, 1.54) is 18.1 Å². The summed E-state index contributed by atoms with van der Waals surface area (Å²) in [6, 6.07) is 37.3. The molecule has 4 aromatic carbocycles. The first-order valence-electron chi connectivity index (χ1n) is 14.7. The maximum Gasteiger partial charge on any atom is 0.198 e. The number of hydrogen-bond donors (Lipinski definition) is 0. The van der Waals surface area contributed by atoms with Gasteiger partial charge in [-0.25, -0.2) is 9.97 Å². The van der Waals surface area contributed by atoms with E-state index in [9.17, 15) is 4.79 Å². The van der Waals surface area contributed by atoms with Gasteiger partial charge in [0.25, 0.3) is 0 Å². The predicted octanol–water partition coefficient (Wildman–Crippen LogP) is 7.75. The van der Waals surface area contributed by atoms with Gasteiger partial charge in [0.05, 0.1) is 29.5 Å². The average Bonchev–Trinajstić information content (AvgIpc) is 3.11. The number of nitrogens with zero attached hydrogens (tertiary/aromatic N) is 3. The molecule has 0 aliphatic carbocycles. The molecule has 0 spiro atoms. The Balaban J connectivity index is 1.51. The summed E-state index contributed by atoms with van der Waals surface area (Å²) in [5, 5.41) is 1.22. The van der Waals surface area contributed by atoms with Crippen LogP contribution < -0.4 is 4.74 Å². The quantitative estimate of drug-likeness (QED) is 0.0885. The van der Waals surface area contributed by atoms with Crippen LogP contribution in [0.3, 0.4) is 0 Å². The van der Waals surface area contributed by atoms with E-state index in [0.717, 1.165) is 21.7 Å². The van der Waals surface area contributed by atoms with Crippen molar-refractivity contribution in [3.8, 4) is 5.75 Å². The van der Waals surface area contributed by atoms with Crippen molar-refractivity contribution in [3.05, 3.63) is 166 Å². The van der Waals surface area contributed by atoms with Crippen LogP contribution in [-0.4, -0.2) is 53.2 Å². The Kier molecular flexibility index (Phi) is 9.60. The highest BCUT2D eigenvalue weighted by Gasteiger charge is 2.39. The van der Waals surface area contributed by atoms with E-state index in [-0.39, 0.29) is 5.78 Å². The van der Waals surface area contributed by atoms with Gasteiger partial charge >= 0.3 is 0 Å². The summed E-state index contributed by atoms with van der Waals surface area (Å²) in [7, 11) is 0. The number of thioether (sulfide) groups is 1. The highest BCUT2D eigenvalue weighted by molar-refractivity contribution is 8.02. The summed E-state index contributed by atoms with van der Waals surface area (Å²) >= 11 is 8.28. The number of carbonyl (C=O) groups excluding carboxylic acids is 1. The van der Waals surface area contributed by atoms with Gasteiger partial charge in [0, 0.05) is 46.6 Å². The predicted molar refractivity (Wildman–Crippen MR) is 180 cm³/mol. The molecule has 0 bridgehead atoms. The summed E-state index contributed by atoms with van der Waals surface area (Å²) in [4.78, 5) is 25.3. The molecule has 8 heteroatoms. The molecular formula is C37H32ClN3O3S. The highest BCUT2D eigenvalue weighted by atomic mass is 35.5. The van der Waals surface area contributed by atoms with Crippen LogP contribution in [0.4, 0.5) is 0 Å². The van der Waals surface area contributed by atoms with Crippen molar-refractivity contribution in [2.24, 2.45) is 0 Å². The van der Waals surface area contributed by atoms with Gasteiger partial charge < -0.3 is 14.4 Å². The lowest BCUT2D eigenvalue weighted by Gasteiger charge is -2.36. The molecule has 0 saturated carbocycles. The second-order valence-corrected chi connectivity index (χ2v) is 11.7. The fraction of sp³-hybridized carbons (Fsp3) is 0.162. The molecule has 226 valence electrons. The number of rotatable bonds is 10. The number of aromatic nitrogens is 2. The van der Waals surface area contributed by atoms with E-state index >= 15 is 0 Å². The second kappa shape index (κ2) is 14.1. The lowest BCUT2D eigenvalue weighted by Crippen LogP contribution is -2.36. The Morgan fingerprint density at radius 1 is 0.844 bits per heavy atom. The minimum absolute atomic E-state index is 0.207. The number of hydrogen-bond acceptors (Lipinski definition) is 7. The number of halogens is 1. The normalized spacial score (nSPS) is 14.0. The first kappa shape index (κ1) is 30.6. The Morgan fingerprint density at radius 3 is 1.93 bits per heavy atom. The van der Waals surface area contributed by atoms with E-state index < -0.39 is 5.60 Å². The number of allylic oxidation sites excluding steroid dienone is 1. The Bertz CT molecular complexity index is 1670. The topological polar surface area (TPSA) is 64.5 Å². The van der Waals surface area contributed by atoms with E-state index in [0.29, 0.717) is 53.9 Å². The number of ether oxygens (including phenoxy) is 2. The number of ketones is 1. The van der Waals surface area contributed by atoms with Gasteiger partial charge in [-0.1, -0.05) is 103 Å². The van der Waals surface area contributed by atoms with Gasteiger partial charge in [-0.3, -0.25) is 4.79 Å². The molecule has 6 nitrogen and oxygen atoms in total. The lowest BCUT2D eigenvalue weighted by molar-refractivity contribution is 0.0577. The van der Waals surface area contributed by atoms with E-state index in [1.54, 1.807) is 30.5 Å². The first-order valence-corrected chi connectivity index (χ1v) is 16.3. The largest absolute Gasteiger partial charge is 0.473 e. The summed E-state index contributed by atoms with van der Waals surface area (Å²) in [6.45, 7) is 2.53. The number of morpholine rings is 1. The van der Waals surface area contributed by atoms with Crippen molar-refractivity contribution in [2.75, 3.05) is 32.6 Å². The molecule has 1 aromatic heterocycles. The molecule has 1 fully saturated rings. The van der Waals surface area contributed by atoms with Crippen LogP contribution in [0.5, 0.6) is 5.75 Å². The van der Waals surface area contributed by atoms with Crippen LogP contribution in [0.2, 0.25) is 5.02 Å². The molecule has 1 saturated heterocycles. The van der Waals surface area contributed by atoms with E-state index in [1.807, 2.05) is 60.9 Å². The third-order valence-electron chi connectivity index (χ3n) is 7.72. The van der Waals surface area contributed by atoms with Crippen LogP contribution in [0.1, 0.15) is 32.7 Å². The smallest absolute Gasteiger partial charge is 0.198 e. The summed E-state index contributed by atoms with van der Waals surface area (Å²) in [6.07, 6.45) is 5.08. The van der Waals surface area contributed by atoms with Gasteiger partial charge in [0.15, 0.2) is 11.4 Å². The standard InChI is InChI=1S/C37H32ClN3O3S/c1-45-36(41-19-21-43-22-20-41)34(33-17-18-39-26-40-33)35(42)27-23-31(38)25-32(24-27)44-37(28-11-5-2-6-12-28,29-13-7-3-8-14-29)30-15-9-4-10-16-30/h2-18,23-26H,19-22H2,1H3/b36-34-. The Morgan fingerprint density at radius 2 is 1.42 bits per heavy atom. The molecule has 0 unspecified atom stereocenters. The summed E-state index contributed by atoms with van der Waals surface area (Å²) in [5.41, 5.74) is 3.21. The fourth-order valence-corrected chi connectivity index (χ4v) is 6.75. The number of Topliss-reactive ketones (excluding diaryl/α,β-unsaturated/α-hetero) is 1. The molecule has 0 N–H and O–H groups in total. The van der Waals surface area contributed by atoms with Crippen LogP contribution in [0, 0.1) is 0 Å². The zero-order chi connectivity index (χ0) is 31.1. The van der Waals surface area contributed by atoms with Crippen molar-refractivity contribution >= 4 is 34.7 Å². The average molecular weight is 634 g/mol. The molecule has 6 rings (SSSR count). The maximum atomic E-state index is 14.6. The SMILES string of the molecule is CS/C(=C(\C(=O)c1cc(Cl)cc(OC(c2ccccc2)(c2ccccc2)c2ccccc2)c1)c1ccncn1)N1CCOCC1. The fourth-order valence-electron chi connectivity index (χ4n) is 5.69. The van der Waals surface area contributed by atoms with Crippen LogP contribution in [-0.2, 0) is 10.3 Å². The van der Waals surface area contributed by atoms with Gasteiger partial charge in [-0.15, -0.1) is 11.8 Å². The summed E-state index contributed by atoms with van der Waals surface area (Å²) < 4.78 is 12.7. The van der Waals surface area contributed by atoms with Crippen molar-refractivity contribution in [1.29, 1.82) is 0 Å². The molecule has 45 heavy (non-hydrogen) atoms. The molecule has 0 amide bonds. The van der Waals surface area contributed by atoms with Crippen LogP contribution >= 0.6 is 23.4 Å². The van der Waals surface area contributed by atoms with Crippen molar-refractivity contribution in [2.45, 2.75) is 5.60 Å². The maximum absolute atomic E-state index is 14.6. The van der Waals surface area contributed by atoms with Crippen LogP contribution in [0.15, 0.2) is 133 Å². The van der Waals surface area contributed by atoms with E-state index in [2.05, 4.69) is 51.3 Å². The third kappa shape index (κ3) is 6.52. The lowest BCUT2D eigenvalue weighted by atomic mass is 9.80. The highest BCUT2D eigenvalue weighted by Crippen LogP contribution is 2.42. The molecule has 0 atom stereocenters. The van der Waals surface area contributed by atoms with Gasteiger partial charge in [-0.2, -0.15) is 0 Å². The monoisotopic (exact) mass is 633 g/mol. The second-order valence-electron chi connectivity index (χ2n) is 10.5. The zero-order valence-corrected chi connectivity index (χ0v) is 26.4. The van der Waals surface area contributed by atoms with Crippen molar-refractivity contribution in [3.63, 3.8) is 0 Å². The molecule has 1 aliphatic heterocycles. The summed E-state index contributed by atoms with van der Waals surface area (Å²) in [5.74, 6) is 0.253. The molecule has 1 aliphatic rings. The van der Waals surface area contributed by atoms with Gasteiger partial charge in [0.2, 0.25) is 0 Å². The Labute approximate surface area is 272 Å². The van der Waals surface area contributed by atoms with E-state index in [4.69, 9.17) is 21.1 Å². The molecular weight excluding hydrogens is 602 g/mol.